The topological polar surface area (TPSA) is 18.5 Å². The van der Waals surface area contributed by atoms with Crippen molar-refractivity contribution in [1.29, 1.82) is 0 Å². The fraction of sp³-hybridized carbons (Fsp3) is 0.538. The highest BCUT2D eigenvalue weighted by Gasteiger charge is 2.48. The molecule has 0 spiro atoms. The van der Waals surface area contributed by atoms with Crippen LogP contribution < -0.4 is 14.7 Å². The van der Waals surface area contributed by atoms with Crippen molar-refractivity contribution in [1.82, 2.24) is 0 Å². The Hall–Kier alpha value is -0.623. The highest BCUT2D eigenvalue weighted by atomic mass is 79.9. The summed E-state index contributed by atoms with van der Waals surface area (Å²) in [6.45, 7) is 6.38. The molecule has 2 rings (SSSR count). The van der Waals surface area contributed by atoms with Crippen LogP contribution in [0.5, 0.6) is 11.5 Å². The monoisotopic (exact) mass is 350 g/mol. The average Bonchev–Trinajstić information content (AvgIpc) is 2.70. The Morgan fingerprint density at radius 1 is 1.05 bits per heavy atom. The summed E-state index contributed by atoms with van der Waals surface area (Å²) >= 11 is 3.24. The van der Waals surface area contributed by atoms with Gasteiger partial charge in [-0.3, -0.25) is 0 Å². The van der Waals surface area contributed by atoms with Gasteiger partial charge < -0.3 is 9.47 Å². The van der Waals surface area contributed by atoms with Crippen LogP contribution in [0.3, 0.4) is 0 Å². The van der Waals surface area contributed by atoms with Crippen LogP contribution in [0.4, 0.5) is 8.78 Å². The first kappa shape index (κ1) is 14.8. The molecular weight excluding hydrogens is 334 g/mol. The molecule has 0 atom stereocenters. The number of ether oxygens (including phenoxy) is 2. The molecule has 1 aromatic rings. The smallest absolute Gasteiger partial charge is 0.395 e. The lowest BCUT2D eigenvalue weighted by atomic mass is 10.3. The van der Waals surface area contributed by atoms with Crippen LogP contribution in [-0.2, 0) is 0 Å². The summed E-state index contributed by atoms with van der Waals surface area (Å²) in [5, 5.41) is 0.940. The molecule has 0 unspecified atom stereocenters. The Bertz CT molecular complexity index is 482. The zero-order valence-corrected chi connectivity index (χ0v) is 13.8. The summed E-state index contributed by atoms with van der Waals surface area (Å²) < 4.78 is 36.6. The maximum absolute atomic E-state index is 13.3. The van der Waals surface area contributed by atoms with Crippen molar-refractivity contribution in [2.24, 2.45) is 0 Å². The molecule has 0 bridgehead atoms. The van der Waals surface area contributed by atoms with Crippen molar-refractivity contribution in [3.05, 3.63) is 16.6 Å². The Labute approximate surface area is 121 Å². The van der Waals surface area contributed by atoms with E-state index in [0.717, 1.165) is 23.3 Å². The molecule has 1 aliphatic rings. The zero-order valence-electron chi connectivity index (χ0n) is 11.2. The standard InChI is InChI=1S/C13H17BrF2O2Si/c1-4-19(5-2,6-3)10-8-7-9(14)11-12(10)18-13(15,16)17-11/h7-8H,4-6H2,1-3H3. The molecule has 1 heterocycles. The van der Waals surface area contributed by atoms with Crippen molar-refractivity contribution < 1.29 is 18.3 Å². The van der Waals surface area contributed by atoms with Crippen LogP contribution in [0.1, 0.15) is 20.8 Å². The molecule has 0 saturated carbocycles. The molecule has 0 saturated heterocycles. The molecule has 1 aromatic carbocycles. The van der Waals surface area contributed by atoms with Gasteiger partial charge in [0.1, 0.15) is 0 Å². The molecule has 0 aliphatic carbocycles. The first-order chi connectivity index (χ1) is 8.89. The highest BCUT2D eigenvalue weighted by molar-refractivity contribution is 9.10. The van der Waals surface area contributed by atoms with Crippen molar-refractivity contribution in [2.75, 3.05) is 0 Å². The van der Waals surface area contributed by atoms with E-state index in [1.807, 2.05) is 6.07 Å². The lowest BCUT2D eigenvalue weighted by molar-refractivity contribution is -0.286. The second-order valence-corrected chi connectivity index (χ2v) is 10.8. The Balaban J connectivity index is 2.59. The number of benzene rings is 1. The molecule has 2 nitrogen and oxygen atoms in total. The lowest BCUT2D eigenvalue weighted by Gasteiger charge is -2.29. The minimum absolute atomic E-state index is 0.134. The highest BCUT2D eigenvalue weighted by Crippen LogP contribution is 2.46. The SMILES string of the molecule is CC[Si](CC)(CC)c1ccc(Br)c2c1OC(F)(F)O2. The van der Waals surface area contributed by atoms with Crippen LogP contribution in [0, 0.1) is 0 Å². The van der Waals surface area contributed by atoms with Crippen LogP contribution in [0.25, 0.3) is 0 Å². The molecule has 1 aliphatic heterocycles. The van der Waals surface area contributed by atoms with E-state index in [4.69, 9.17) is 4.74 Å². The van der Waals surface area contributed by atoms with E-state index >= 15 is 0 Å². The first-order valence-corrected chi connectivity index (χ1v) is 9.89. The molecule has 0 radical (unpaired) electrons. The van der Waals surface area contributed by atoms with Crippen LogP contribution in [-0.4, -0.2) is 14.4 Å². The van der Waals surface area contributed by atoms with Gasteiger partial charge in [0.2, 0.25) is 0 Å². The Morgan fingerprint density at radius 3 is 2.11 bits per heavy atom. The molecule has 0 amide bonds. The Morgan fingerprint density at radius 2 is 1.58 bits per heavy atom. The molecule has 0 aromatic heterocycles. The van der Waals surface area contributed by atoms with E-state index < -0.39 is 14.4 Å². The third-order valence-electron chi connectivity index (χ3n) is 4.11. The van der Waals surface area contributed by atoms with Crippen LogP contribution in [0.2, 0.25) is 18.1 Å². The number of rotatable bonds is 4. The van der Waals surface area contributed by atoms with Crippen LogP contribution >= 0.6 is 15.9 Å². The van der Waals surface area contributed by atoms with E-state index in [2.05, 4.69) is 41.4 Å². The van der Waals surface area contributed by atoms with Gasteiger partial charge in [-0.1, -0.05) is 45.0 Å². The fourth-order valence-electron chi connectivity index (χ4n) is 2.73. The van der Waals surface area contributed by atoms with Gasteiger partial charge in [-0.15, -0.1) is 8.78 Å². The maximum Gasteiger partial charge on any atom is 0.586 e. The summed E-state index contributed by atoms with van der Waals surface area (Å²) in [4.78, 5) is 0. The van der Waals surface area contributed by atoms with E-state index in [1.54, 1.807) is 6.07 Å². The first-order valence-electron chi connectivity index (χ1n) is 6.48. The van der Waals surface area contributed by atoms with Gasteiger partial charge in [0, 0.05) is 0 Å². The minimum atomic E-state index is -3.56. The largest absolute Gasteiger partial charge is 0.586 e. The maximum atomic E-state index is 13.3. The Kier molecular flexibility index (Phi) is 3.93. The van der Waals surface area contributed by atoms with Gasteiger partial charge in [-0.25, -0.2) is 0 Å². The summed E-state index contributed by atoms with van der Waals surface area (Å²) in [5.74, 6) is 0.367. The fourth-order valence-corrected chi connectivity index (χ4v) is 6.85. The number of halogens is 3. The van der Waals surface area contributed by atoms with Crippen LogP contribution in [0.15, 0.2) is 16.6 Å². The normalized spacial score (nSPS) is 16.7. The van der Waals surface area contributed by atoms with Crippen molar-refractivity contribution in [3.8, 4) is 11.5 Å². The quantitative estimate of drug-likeness (QED) is 0.745. The van der Waals surface area contributed by atoms with Gasteiger partial charge >= 0.3 is 6.29 Å². The van der Waals surface area contributed by atoms with Crippen molar-refractivity contribution in [3.63, 3.8) is 0 Å². The molecule has 106 valence electrons. The number of hydrogen-bond acceptors (Lipinski definition) is 2. The molecule has 0 N–H and O–H groups in total. The predicted octanol–water partition coefficient (Wildman–Crippen LogP) is 4.49. The number of fused-ring (bicyclic) bond motifs is 1. The second kappa shape index (κ2) is 5.05. The predicted molar refractivity (Wildman–Crippen MR) is 77.2 cm³/mol. The third-order valence-corrected chi connectivity index (χ3v) is 10.3. The lowest BCUT2D eigenvalue weighted by Crippen LogP contribution is -2.46. The second-order valence-electron chi connectivity index (χ2n) is 4.76. The van der Waals surface area contributed by atoms with Gasteiger partial charge in [-0.05, 0) is 27.2 Å². The third kappa shape index (κ3) is 2.40. The number of hydrogen-bond donors (Lipinski definition) is 0. The molecule has 6 heteroatoms. The van der Waals surface area contributed by atoms with E-state index in [0.29, 0.717) is 4.47 Å². The molecular formula is C13H17BrF2O2Si. The van der Waals surface area contributed by atoms with Crippen molar-refractivity contribution in [2.45, 2.75) is 45.2 Å². The van der Waals surface area contributed by atoms with E-state index in [9.17, 15) is 8.78 Å². The van der Waals surface area contributed by atoms with Gasteiger partial charge in [0.15, 0.2) is 11.5 Å². The summed E-state index contributed by atoms with van der Waals surface area (Å²) in [6.07, 6.45) is -3.56. The number of alkyl halides is 2. The summed E-state index contributed by atoms with van der Waals surface area (Å²) in [7, 11) is -1.80. The average molecular weight is 351 g/mol. The molecule has 19 heavy (non-hydrogen) atoms. The van der Waals surface area contributed by atoms with Gasteiger partial charge in [0.05, 0.1) is 12.5 Å². The van der Waals surface area contributed by atoms with E-state index in [-0.39, 0.29) is 11.5 Å². The summed E-state index contributed by atoms with van der Waals surface area (Å²) in [6, 6.07) is 6.70. The summed E-state index contributed by atoms with van der Waals surface area (Å²) in [5.41, 5.74) is 0. The van der Waals surface area contributed by atoms with Gasteiger partial charge in [0.25, 0.3) is 0 Å². The molecule has 0 fully saturated rings. The zero-order chi connectivity index (χ0) is 14.3. The van der Waals surface area contributed by atoms with E-state index in [1.165, 1.54) is 0 Å². The van der Waals surface area contributed by atoms with Gasteiger partial charge in [-0.2, -0.15) is 0 Å². The van der Waals surface area contributed by atoms with Crippen molar-refractivity contribution >= 4 is 29.2 Å². The minimum Gasteiger partial charge on any atom is -0.395 e.